The molecule has 1 aliphatic carbocycles. The fourth-order valence-electron chi connectivity index (χ4n) is 3.50. The standard InChI is InChI=1S/C19H26N2O2S/c22-13-14-7-2-1-3-8-15(14)20-18(23)11-6-12-19-21-16-9-4-5-10-17(16)24-19/h4-5,9-10,14-15,22H,1-3,6-8,11-13H2,(H,20,23). The highest BCUT2D eigenvalue weighted by atomic mass is 32.1. The van der Waals surface area contributed by atoms with Crippen LogP contribution in [0.4, 0.5) is 0 Å². The van der Waals surface area contributed by atoms with Gasteiger partial charge in [-0.25, -0.2) is 4.98 Å². The van der Waals surface area contributed by atoms with Gasteiger partial charge >= 0.3 is 0 Å². The summed E-state index contributed by atoms with van der Waals surface area (Å²) in [5, 5.41) is 13.8. The summed E-state index contributed by atoms with van der Waals surface area (Å²) in [6.07, 6.45) is 7.73. The number of carbonyl (C=O) groups excluding carboxylic acids is 1. The number of rotatable bonds is 6. The van der Waals surface area contributed by atoms with E-state index >= 15 is 0 Å². The van der Waals surface area contributed by atoms with Crippen LogP contribution in [-0.2, 0) is 11.2 Å². The SMILES string of the molecule is O=C(CCCc1nc2ccccc2s1)NC1CCCCCC1CO. The molecule has 2 N–H and O–H groups in total. The molecular formula is C19H26N2O2S. The van der Waals surface area contributed by atoms with Gasteiger partial charge in [-0.1, -0.05) is 31.4 Å². The number of hydrogen-bond acceptors (Lipinski definition) is 4. The average Bonchev–Trinajstić information content (AvgIpc) is 2.86. The molecule has 1 aromatic heterocycles. The summed E-state index contributed by atoms with van der Waals surface area (Å²) in [5.74, 6) is 0.335. The van der Waals surface area contributed by atoms with Gasteiger partial charge in [0.05, 0.1) is 15.2 Å². The minimum absolute atomic E-state index is 0.112. The predicted molar refractivity (Wildman–Crippen MR) is 98.1 cm³/mol. The zero-order valence-corrected chi connectivity index (χ0v) is 14.9. The smallest absolute Gasteiger partial charge is 0.220 e. The summed E-state index contributed by atoms with van der Waals surface area (Å²) >= 11 is 1.72. The molecule has 1 heterocycles. The highest BCUT2D eigenvalue weighted by molar-refractivity contribution is 7.18. The molecular weight excluding hydrogens is 320 g/mol. The van der Waals surface area contributed by atoms with E-state index in [9.17, 15) is 9.90 Å². The van der Waals surface area contributed by atoms with Crippen molar-refractivity contribution in [1.82, 2.24) is 10.3 Å². The Morgan fingerprint density at radius 1 is 1.25 bits per heavy atom. The van der Waals surface area contributed by atoms with Crippen molar-refractivity contribution >= 4 is 27.5 Å². The van der Waals surface area contributed by atoms with Crippen LogP contribution in [0.25, 0.3) is 10.2 Å². The lowest BCUT2D eigenvalue weighted by Crippen LogP contribution is -2.41. The Hall–Kier alpha value is -1.46. The van der Waals surface area contributed by atoms with Crippen LogP contribution in [0.1, 0.15) is 50.0 Å². The second-order valence-corrected chi connectivity index (χ2v) is 7.80. The van der Waals surface area contributed by atoms with E-state index < -0.39 is 0 Å². The Balaban J connectivity index is 1.46. The molecule has 2 aromatic rings. The fourth-order valence-corrected chi connectivity index (χ4v) is 4.51. The van der Waals surface area contributed by atoms with Gasteiger partial charge in [0.1, 0.15) is 0 Å². The van der Waals surface area contributed by atoms with Crippen LogP contribution in [0, 0.1) is 5.92 Å². The molecule has 1 aromatic carbocycles. The van der Waals surface area contributed by atoms with Gasteiger partial charge < -0.3 is 10.4 Å². The lowest BCUT2D eigenvalue weighted by atomic mass is 9.95. The zero-order chi connectivity index (χ0) is 16.8. The van der Waals surface area contributed by atoms with Crippen molar-refractivity contribution in [3.05, 3.63) is 29.3 Å². The topological polar surface area (TPSA) is 62.2 Å². The van der Waals surface area contributed by atoms with Crippen molar-refractivity contribution in [3.63, 3.8) is 0 Å². The number of hydrogen-bond donors (Lipinski definition) is 2. The molecule has 2 atom stereocenters. The molecule has 1 saturated carbocycles. The molecule has 5 heteroatoms. The van der Waals surface area contributed by atoms with Crippen molar-refractivity contribution in [3.8, 4) is 0 Å². The van der Waals surface area contributed by atoms with Crippen LogP contribution >= 0.6 is 11.3 Å². The van der Waals surface area contributed by atoms with Gasteiger partial charge in [-0.2, -0.15) is 0 Å². The van der Waals surface area contributed by atoms with Crippen molar-refractivity contribution in [1.29, 1.82) is 0 Å². The van der Waals surface area contributed by atoms with Crippen LogP contribution in [0.15, 0.2) is 24.3 Å². The first kappa shape index (κ1) is 17.4. The van der Waals surface area contributed by atoms with Crippen LogP contribution in [0.3, 0.4) is 0 Å². The molecule has 4 nitrogen and oxygen atoms in total. The van der Waals surface area contributed by atoms with E-state index in [0.29, 0.717) is 6.42 Å². The van der Waals surface area contributed by atoms with Gasteiger partial charge in [-0.05, 0) is 37.8 Å². The van der Waals surface area contributed by atoms with Gasteiger partial charge in [0.15, 0.2) is 0 Å². The van der Waals surface area contributed by atoms with Crippen molar-refractivity contribution in [2.24, 2.45) is 5.92 Å². The van der Waals surface area contributed by atoms with Crippen molar-refractivity contribution in [2.45, 2.75) is 57.4 Å². The molecule has 0 spiro atoms. The second kappa shape index (κ2) is 8.58. The Morgan fingerprint density at radius 2 is 2.08 bits per heavy atom. The van der Waals surface area contributed by atoms with E-state index in [1.54, 1.807) is 11.3 Å². The van der Waals surface area contributed by atoms with E-state index in [2.05, 4.69) is 16.4 Å². The Labute approximate surface area is 147 Å². The first-order chi connectivity index (χ1) is 11.8. The lowest BCUT2D eigenvalue weighted by molar-refractivity contribution is -0.122. The van der Waals surface area contributed by atoms with Gasteiger partial charge in [0.2, 0.25) is 5.91 Å². The minimum atomic E-state index is 0.112. The largest absolute Gasteiger partial charge is 0.396 e. The van der Waals surface area contributed by atoms with Gasteiger partial charge in [0, 0.05) is 25.0 Å². The summed E-state index contributed by atoms with van der Waals surface area (Å²) < 4.78 is 1.21. The van der Waals surface area contributed by atoms with E-state index in [4.69, 9.17) is 0 Å². The molecule has 0 aliphatic heterocycles. The molecule has 24 heavy (non-hydrogen) atoms. The first-order valence-corrected chi connectivity index (χ1v) is 9.82. The number of aryl methyl sites for hydroxylation is 1. The maximum Gasteiger partial charge on any atom is 0.220 e. The lowest BCUT2D eigenvalue weighted by Gasteiger charge is -2.24. The maximum atomic E-state index is 12.2. The monoisotopic (exact) mass is 346 g/mol. The van der Waals surface area contributed by atoms with Gasteiger partial charge in [-0.15, -0.1) is 11.3 Å². The van der Waals surface area contributed by atoms with E-state index in [-0.39, 0.29) is 24.5 Å². The number of amides is 1. The van der Waals surface area contributed by atoms with Crippen molar-refractivity contribution < 1.29 is 9.90 Å². The van der Waals surface area contributed by atoms with Crippen molar-refractivity contribution in [2.75, 3.05) is 6.61 Å². The van der Waals surface area contributed by atoms with Gasteiger partial charge in [-0.3, -0.25) is 4.79 Å². The molecule has 1 fully saturated rings. The number of carbonyl (C=O) groups is 1. The minimum Gasteiger partial charge on any atom is -0.396 e. The summed E-state index contributed by atoms with van der Waals surface area (Å²) in [6.45, 7) is 0.177. The summed E-state index contributed by atoms with van der Waals surface area (Å²) in [4.78, 5) is 16.9. The average molecular weight is 346 g/mol. The first-order valence-electron chi connectivity index (χ1n) is 9.01. The third kappa shape index (κ3) is 4.54. The second-order valence-electron chi connectivity index (χ2n) is 6.68. The number of nitrogens with one attached hydrogen (secondary N) is 1. The quantitative estimate of drug-likeness (QED) is 0.785. The molecule has 0 radical (unpaired) electrons. The number of aliphatic hydroxyl groups is 1. The third-order valence-electron chi connectivity index (χ3n) is 4.87. The van der Waals surface area contributed by atoms with Crippen LogP contribution in [0.5, 0.6) is 0 Å². The van der Waals surface area contributed by atoms with E-state index in [1.165, 1.54) is 11.1 Å². The number of para-hydroxylation sites is 1. The highest BCUT2D eigenvalue weighted by Crippen LogP contribution is 2.24. The maximum absolute atomic E-state index is 12.2. The van der Waals surface area contributed by atoms with Gasteiger partial charge in [0.25, 0.3) is 0 Å². The normalized spacial score (nSPS) is 21.5. The zero-order valence-electron chi connectivity index (χ0n) is 14.0. The van der Waals surface area contributed by atoms with E-state index in [1.807, 2.05) is 18.2 Å². The number of benzene rings is 1. The Bertz CT molecular complexity index is 637. The van der Waals surface area contributed by atoms with E-state index in [0.717, 1.165) is 49.0 Å². The Morgan fingerprint density at radius 3 is 2.92 bits per heavy atom. The molecule has 2 unspecified atom stereocenters. The number of thiazole rings is 1. The fraction of sp³-hybridized carbons (Fsp3) is 0.579. The number of nitrogens with zero attached hydrogens (tertiary/aromatic N) is 1. The number of aromatic nitrogens is 1. The Kier molecular flexibility index (Phi) is 6.21. The number of aliphatic hydroxyl groups excluding tert-OH is 1. The highest BCUT2D eigenvalue weighted by Gasteiger charge is 2.24. The molecule has 3 rings (SSSR count). The predicted octanol–water partition coefficient (Wildman–Crippen LogP) is 3.68. The van der Waals surface area contributed by atoms with Crippen LogP contribution < -0.4 is 5.32 Å². The van der Waals surface area contributed by atoms with Crippen LogP contribution in [0.2, 0.25) is 0 Å². The summed E-state index contributed by atoms with van der Waals surface area (Å²) in [7, 11) is 0. The molecule has 1 aliphatic rings. The summed E-state index contributed by atoms with van der Waals surface area (Å²) in [5.41, 5.74) is 1.05. The summed E-state index contributed by atoms with van der Waals surface area (Å²) in [6, 6.07) is 8.30. The molecule has 1 amide bonds. The molecule has 0 saturated heterocycles. The van der Waals surface area contributed by atoms with Crippen LogP contribution in [-0.4, -0.2) is 28.6 Å². The number of fused-ring (bicyclic) bond motifs is 1. The molecule has 0 bridgehead atoms. The molecule has 130 valence electrons. The third-order valence-corrected chi connectivity index (χ3v) is 5.97.